The van der Waals surface area contributed by atoms with E-state index in [9.17, 15) is 19.5 Å². The maximum absolute atomic E-state index is 15.3. The number of imide groups is 2. The summed E-state index contributed by atoms with van der Waals surface area (Å²) in [5, 5.41) is 13.1. The summed E-state index contributed by atoms with van der Waals surface area (Å²) in [5.41, 5.74) is 6.08. The number of hydrogen-bond donors (Lipinski definition) is 2. The van der Waals surface area contributed by atoms with E-state index >= 15 is 4.79 Å². The predicted molar refractivity (Wildman–Crippen MR) is 190 cm³/mol. The first-order valence-corrected chi connectivity index (χ1v) is 18.0. The van der Waals surface area contributed by atoms with Gasteiger partial charge < -0.3 is 5.11 Å². The van der Waals surface area contributed by atoms with E-state index in [0.29, 0.717) is 35.2 Å². The Balaban J connectivity index is 1.32. The number of hydrazine groups is 1. The van der Waals surface area contributed by atoms with Crippen molar-refractivity contribution in [1.29, 1.82) is 0 Å². The number of likely N-dealkylation sites (tertiary alicyclic amines) is 1. The number of hydrogen-bond acceptors (Lipinski definition) is 6. The van der Waals surface area contributed by atoms with E-state index < -0.39 is 40.9 Å². The average Bonchev–Trinajstić information content (AvgIpc) is 3.52. The van der Waals surface area contributed by atoms with Gasteiger partial charge in [0.15, 0.2) is 0 Å². The Morgan fingerprint density at radius 3 is 2.34 bits per heavy atom. The second-order valence-corrected chi connectivity index (χ2v) is 14.8. The van der Waals surface area contributed by atoms with Gasteiger partial charge in [-0.25, -0.2) is 0 Å². The number of nitrogens with zero attached hydrogens (tertiary/aromatic N) is 2. The van der Waals surface area contributed by atoms with Gasteiger partial charge in [-0.1, -0.05) is 103 Å². The summed E-state index contributed by atoms with van der Waals surface area (Å²) in [6.07, 6.45) is 9.54. The van der Waals surface area contributed by atoms with Gasteiger partial charge in [0.1, 0.15) is 5.75 Å². The van der Waals surface area contributed by atoms with Crippen LogP contribution in [0.5, 0.6) is 5.75 Å². The summed E-state index contributed by atoms with van der Waals surface area (Å²) in [6, 6.07) is 22.4. The molecule has 3 aromatic carbocycles. The third-order valence-electron chi connectivity index (χ3n) is 12.2. The predicted octanol–water partition coefficient (Wildman–Crippen LogP) is 6.75. The van der Waals surface area contributed by atoms with Gasteiger partial charge in [-0.2, -0.15) is 5.01 Å². The number of carbonyl (C=O) groups is 4. The van der Waals surface area contributed by atoms with Crippen molar-refractivity contribution in [3.8, 4) is 5.75 Å². The number of fused-ring (bicyclic) bond motifs is 4. The van der Waals surface area contributed by atoms with Gasteiger partial charge in [0.25, 0.3) is 11.8 Å². The third-order valence-corrected chi connectivity index (χ3v) is 12.2. The number of aromatic hydroxyl groups is 1. The Morgan fingerprint density at radius 2 is 1.62 bits per heavy atom. The molecule has 2 saturated carbocycles. The standard InChI is InChI=1S/C42H43N3O5/c1-3-11-26-12-10-17-32(37(26)46)36-30-22-23-31-35(40(49)44(38(31)47)29-15-8-5-9-16-29)33(30)24-34-39(48)45(43-28-20-18-25(2)19-21-28)41(50)42(34,36)27-13-6-4-7-14-27/h3-4,6-7,10,12-14,17-22,29,31,33-36,43,46H,1,5,8-9,11,15-16,23-24H2,2H3. The third kappa shape index (κ3) is 4.71. The van der Waals surface area contributed by atoms with Gasteiger partial charge in [0.05, 0.1) is 28.9 Å². The number of amides is 4. The van der Waals surface area contributed by atoms with Gasteiger partial charge in [-0.05, 0) is 68.2 Å². The molecule has 0 radical (unpaired) electrons. The van der Waals surface area contributed by atoms with Gasteiger partial charge in [0, 0.05) is 17.5 Å². The summed E-state index contributed by atoms with van der Waals surface area (Å²) in [4.78, 5) is 60.3. The number of carbonyl (C=O) groups excluding carboxylic acids is 4. The highest BCUT2D eigenvalue weighted by atomic mass is 16.3. The quantitative estimate of drug-likeness (QED) is 0.213. The lowest BCUT2D eigenvalue weighted by molar-refractivity contribution is -0.144. The molecule has 8 rings (SSSR count). The molecule has 0 bridgehead atoms. The molecule has 0 spiro atoms. The molecule has 0 aromatic heterocycles. The van der Waals surface area contributed by atoms with Gasteiger partial charge in [-0.15, -0.1) is 6.58 Å². The van der Waals surface area contributed by atoms with Crippen LogP contribution in [0.3, 0.4) is 0 Å². The van der Waals surface area contributed by atoms with Crippen LogP contribution in [0.2, 0.25) is 0 Å². The number of phenolic OH excluding ortho intramolecular Hbond substituents is 1. The van der Waals surface area contributed by atoms with Crippen LogP contribution in [0.25, 0.3) is 0 Å². The molecule has 2 heterocycles. The number of allylic oxidation sites excluding steroid dienone is 3. The molecular formula is C42H43N3O5. The fourth-order valence-corrected chi connectivity index (χ4v) is 9.98. The Hall–Kier alpha value is -4.98. The van der Waals surface area contributed by atoms with Crippen LogP contribution in [-0.2, 0) is 31.0 Å². The second kappa shape index (κ2) is 12.4. The lowest BCUT2D eigenvalue weighted by Crippen LogP contribution is -2.53. The molecule has 6 atom stereocenters. The molecule has 8 heteroatoms. The zero-order valence-corrected chi connectivity index (χ0v) is 28.4. The molecule has 256 valence electrons. The largest absolute Gasteiger partial charge is 0.507 e. The minimum Gasteiger partial charge on any atom is -0.507 e. The first kappa shape index (κ1) is 32.2. The summed E-state index contributed by atoms with van der Waals surface area (Å²) >= 11 is 0. The van der Waals surface area contributed by atoms with Gasteiger partial charge in [-0.3, -0.25) is 29.5 Å². The zero-order chi connectivity index (χ0) is 34.7. The number of phenols is 1. The van der Waals surface area contributed by atoms with E-state index in [0.717, 1.165) is 48.2 Å². The first-order valence-electron chi connectivity index (χ1n) is 18.0. The highest BCUT2D eigenvalue weighted by molar-refractivity contribution is 6.13. The number of para-hydroxylation sites is 1. The van der Waals surface area contributed by atoms with E-state index in [1.54, 1.807) is 11.0 Å². The van der Waals surface area contributed by atoms with E-state index in [1.165, 1.54) is 0 Å². The zero-order valence-electron chi connectivity index (χ0n) is 28.4. The van der Waals surface area contributed by atoms with Crippen LogP contribution < -0.4 is 5.43 Å². The second-order valence-electron chi connectivity index (χ2n) is 14.8. The average molecular weight is 670 g/mol. The van der Waals surface area contributed by atoms with Crippen LogP contribution in [0.4, 0.5) is 5.69 Å². The molecule has 3 aliphatic carbocycles. The molecule has 4 fully saturated rings. The molecule has 2 aliphatic heterocycles. The topological polar surface area (TPSA) is 107 Å². The van der Waals surface area contributed by atoms with Crippen molar-refractivity contribution < 1.29 is 24.3 Å². The van der Waals surface area contributed by atoms with Crippen molar-refractivity contribution in [3.63, 3.8) is 0 Å². The van der Waals surface area contributed by atoms with E-state index in [2.05, 4.69) is 18.1 Å². The van der Waals surface area contributed by atoms with E-state index in [1.807, 2.05) is 79.7 Å². The van der Waals surface area contributed by atoms with Crippen molar-refractivity contribution in [1.82, 2.24) is 9.91 Å². The van der Waals surface area contributed by atoms with Crippen molar-refractivity contribution in [3.05, 3.63) is 119 Å². The van der Waals surface area contributed by atoms with Crippen molar-refractivity contribution in [2.45, 2.75) is 75.7 Å². The number of rotatable bonds is 7. The number of anilines is 1. The van der Waals surface area contributed by atoms with Crippen molar-refractivity contribution in [2.75, 3.05) is 5.43 Å². The molecule has 5 aliphatic rings. The fraction of sp³-hybridized carbons (Fsp3) is 0.381. The first-order chi connectivity index (χ1) is 24.3. The Morgan fingerprint density at radius 1 is 0.880 bits per heavy atom. The van der Waals surface area contributed by atoms with Crippen LogP contribution in [-0.4, -0.2) is 44.7 Å². The molecule has 50 heavy (non-hydrogen) atoms. The molecule has 2 N–H and O–H groups in total. The molecular weight excluding hydrogens is 626 g/mol. The molecule has 2 saturated heterocycles. The van der Waals surface area contributed by atoms with E-state index in [-0.39, 0.29) is 35.9 Å². The molecule has 4 amide bonds. The number of nitrogens with one attached hydrogen (secondary N) is 1. The highest BCUT2D eigenvalue weighted by Crippen LogP contribution is 2.65. The highest BCUT2D eigenvalue weighted by Gasteiger charge is 2.70. The van der Waals surface area contributed by atoms with Crippen molar-refractivity contribution in [2.24, 2.45) is 23.7 Å². The van der Waals surface area contributed by atoms with Crippen LogP contribution >= 0.6 is 0 Å². The van der Waals surface area contributed by atoms with Crippen LogP contribution in [0.15, 0.2) is 97.1 Å². The van der Waals surface area contributed by atoms with Crippen LogP contribution in [0.1, 0.15) is 73.1 Å². The number of benzene rings is 3. The number of aryl methyl sites for hydroxylation is 1. The Kier molecular flexibility index (Phi) is 8.00. The lowest BCUT2D eigenvalue weighted by Gasteiger charge is -2.50. The summed E-state index contributed by atoms with van der Waals surface area (Å²) in [7, 11) is 0. The summed E-state index contributed by atoms with van der Waals surface area (Å²) in [5.74, 6) is -4.20. The lowest BCUT2D eigenvalue weighted by atomic mass is 9.49. The summed E-state index contributed by atoms with van der Waals surface area (Å²) < 4.78 is 0. The SMILES string of the molecule is C=CCc1cccc(C2C3=CCC4C(=O)N(C5CCCCC5)C(=O)C4C3CC3C(=O)N(Nc4ccc(C)cc4)C(=O)C32c2ccccc2)c1O. The molecule has 3 aromatic rings. The molecule has 8 nitrogen and oxygen atoms in total. The maximum Gasteiger partial charge on any atom is 0.260 e. The van der Waals surface area contributed by atoms with Gasteiger partial charge in [0.2, 0.25) is 11.8 Å². The van der Waals surface area contributed by atoms with Crippen LogP contribution in [0, 0.1) is 30.6 Å². The monoisotopic (exact) mass is 669 g/mol. The summed E-state index contributed by atoms with van der Waals surface area (Å²) in [6.45, 7) is 5.86. The normalized spacial score (nSPS) is 29.4. The van der Waals surface area contributed by atoms with Gasteiger partial charge >= 0.3 is 0 Å². The smallest absolute Gasteiger partial charge is 0.260 e. The maximum atomic E-state index is 15.3. The van der Waals surface area contributed by atoms with Crippen molar-refractivity contribution >= 4 is 29.3 Å². The minimum atomic E-state index is -1.43. The van der Waals surface area contributed by atoms with E-state index in [4.69, 9.17) is 0 Å². The Labute approximate surface area is 292 Å². The minimum absolute atomic E-state index is 0.0537. The Bertz CT molecular complexity index is 1910. The fourth-order valence-electron chi connectivity index (χ4n) is 9.98. The molecule has 6 unspecified atom stereocenters.